The Bertz CT molecular complexity index is 516. The summed E-state index contributed by atoms with van der Waals surface area (Å²) in [6, 6.07) is 6.00. The highest BCUT2D eigenvalue weighted by molar-refractivity contribution is 9.10. The van der Waals surface area contributed by atoms with Gasteiger partial charge in [0.2, 0.25) is 0 Å². The molecule has 0 aliphatic heterocycles. The van der Waals surface area contributed by atoms with Crippen LogP contribution in [0.3, 0.4) is 0 Å². The summed E-state index contributed by atoms with van der Waals surface area (Å²) in [7, 11) is 2.01. The van der Waals surface area contributed by atoms with Gasteiger partial charge in [0, 0.05) is 48.8 Å². The van der Waals surface area contributed by atoms with E-state index in [2.05, 4.69) is 30.8 Å². The molecular formula is C13H15BrN4. The van der Waals surface area contributed by atoms with Crippen LogP contribution in [0.15, 0.2) is 41.3 Å². The Morgan fingerprint density at radius 2 is 2.06 bits per heavy atom. The molecule has 2 heterocycles. The van der Waals surface area contributed by atoms with Crippen LogP contribution in [-0.2, 0) is 13.1 Å². The first-order valence-electron chi connectivity index (χ1n) is 5.65. The molecule has 0 aliphatic carbocycles. The van der Waals surface area contributed by atoms with Crippen molar-refractivity contribution in [3.63, 3.8) is 0 Å². The second kappa shape index (κ2) is 5.93. The zero-order chi connectivity index (χ0) is 13.0. The molecule has 5 heteroatoms. The zero-order valence-corrected chi connectivity index (χ0v) is 11.8. The SMILES string of the molecule is CN(Cc1ccncc1)c1ncc(Br)cc1CN. The van der Waals surface area contributed by atoms with Gasteiger partial charge in [0.1, 0.15) is 5.82 Å². The molecule has 0 atom stereocenters. The summed E-state index contributed by atoms with van der Waals surface area (Å²) < 4.78 is 0.948. The average Bonchev–Trinajstić information content (AvgIpc) is 2.39. The van der Waals surface area contributed by atoms with Gasteiger partial charge in [0.15, 0.2) is 0 Å². The van der Waals surface area contributed by atoms with E-state index in [0.29, 0.717) is 6.54 Å². The van der Waals surface area contributed by atoms with Crippen molar-refractivity contribution in [2.45, 2.75) is 13.1 Å². The van der Waals surface area contributed by atoms with Gasteiger partial charge >= 0.3 is 0 Å². The van der Waals surface area contributed by atoms with Crippen LogP contribution < -0.4 is 10.6 Å². The number of rotatable bonds is 4. The molecule has 0 fully saturated rings. The van der Waals surface area contributed by atoms with Crippen LogP contribution in [0.2, 0.25) is 0 Å². The Hall–Kier alpha value is -1.46. The van der Waals surface area contributed by atoms with Crippen molar-refractivity contribution in [3.05, 3.63) is 52.4 Å². The van der Waals surface area contributed by atoms with Crippen LogP contribution in [0.5, 0.6) is 0 Å². The summed E-state index contributed by atoms with van der Waals surface area (Å²) in [4.78, 5) is 10.5. The number of pyridine rings is 2. The van der Waals surface area contributed by atoms with Crippen molar-refractivity contribution in [1.82, 2.24) is 9.97 Å². The van der Waals surface area contributed by atoms with Crippen molar-refractivity contribution >= 4 is 21.7 Å². The van der Waals surface area contributed by atoms with Gasteiger partial charge in [0.25, 0.3) is 0 Å². The second-order valence-corrected chi connectivity index (χ2v) is 4.97. The molecule has 0 spiro atoms. The third kappa shape index (κ3) is 3.05. The van der Waals surface area contributed by atoms with E-state index in [1.165, 1.54) is 5.56 Å². The maximum absolute atomic E-state index is 5.75. The van der Waals surface area contributed by atoms with Gasteiger partial charge in [0.05, 0.1) is 0 Å². The molecule has 2 N–H and O–H groups in total. The maximum Gasteiger partial charge on any atom is 0.133 e. The van der Waals surface area contributed by atoms with Gasteiger partial charge in [-0.15, -0.1) is 0 Å². The van der Waals surface area contributed by atoms with E-state index in [9.17, 15) is 0 Å². The molecule has 0 bridgehead atoms. The predicted molar refractivity (Wildman–Crippen MR) is 76.2 cm³/mol. The number of anilines is 1. The van der Waals surface area contributed by atoms with Gasteiger partial charge in [-0.25, -0.2) is 4.98 Å². The minimum atomic E-state index is 0.475. The quantitative estimate of drug-likeness (QED) is 0.942. The van der Waals surface area contributed by atoms with Gasteiger partial charge in [-0.05, 0) is 39.7 Å². The first-order chi connectivity index (χ1) is 8.70. The third-order valence-corrected chi connectivity index (χ3v) is 3.09. The van der Waals surface area contributed by atoms with Crippen LogP contribution in [0.4, 0.5) is 5.82 Å². The lowest BCUT2D eigenvalue weighted by Gasteiger charge is -2.21. The zero-order valence-electron chi connectivity index (χ0n) is 10.2. The van der Waals surface area contributed by atoms with Crippen LogP contribution in [-0.4, -0.2) is 17.0 Å². The van der Waals surface area contributed by atoms with Crippen molar-refractivity contribution in [2.75, 3.05) is 11.9 Å². The molecule has 0 saturated carbocycles. The summed E-state index contributed by atoms with van der Waals surface area (Å²) in [5.41, 5.74) is 7.98. The summed E-state index contributed by atoms with van der Waals surface area (Å²) >= 11 is 3.41. The number of halogens is 1. The fourth-order valence-electron chi connectivity index (χ4n) is 1.80. The van der Waals surface area contributed by atoms with Crippen LogP contribution in [0.25, 0.3) is 0 Å². The normalized spacial score (nSPS) is 10.4. The molecule has 2 aromatic heterocycles. The number of nitrogens with zero attached hydrogens (tertiary/aromatic N) is 3. The Morgan fingerprint density at radius 1 is 1.33 bits per heavy atom. The van der Waals surface area contributed by atoms with Crippen LogP contribution in [0, 0.1) is 0 Å². The van der Waals surface area contributed by atoms with Gasteiger partial charge in [-0.1, -0.05) is 0 Å². The minimum absolute atomic E-state index is 0.475. The smallest absolute Gasteiger partial charge is 0.133 e. The van der Waals surface area contributed by atoms with E-state index in [0.717, 1.165) is 22.4 Å². The topological polar surface area (TPSA) is 55.0 Å². The first kappa shape index (κ1) is 13.0. The van der Waals surface area contributed by atoms with Crippen molar-refractivity contribution in [1.29, 1.82) is 0 Å². The Kier molecular flexibility index (Phi) is 4.28. The predicted octanol–water partition coefficient (Wildman–Crippen LogP) is 2.33. The van der Waals surface area contributed by atoms with E-state index in [1.807, 2.05) is 25.2 Å². The molecule has 2 rings (SSSR count). The lowest BCUT2D eigenvalue weighted by Crippen LogP contribution is -2.20. The standard InChI is InChI=1S/C13H15BrN4/c1-18(9-10-2-4-16-5-3-10)13-11(7-15)6-12(14)8-17-13/h2-6,8H,7,9,15H2,1H3. The molecule has 0 radical (unpaired) electrons. The Labute approximate surface area is 115 Å². The highest BCUT2D eigenvalue weighted by atomic mass is 79.9. The van der Waals surface area contributed by atoms with Crippen LogP contribution >= 0.6 is 15.9 Å². The van der Waals surface area contributed by atoms with E-state index >= 15 is 0 Å². The van der Waals surface area contributed by atoms with Gasteiger partial charge in [-0.2, -0.15) is 0 Å². The third-order valence-electron chi connectivity index (χ3n) is 2.66. The molecule has 18 heavy (non-hydrogen) atoms. The summed E-state index contributed by atoms with van der Waals surface area (Å²) in [5.74, 6) is 0.914. The molecule has 4 nitrogen and oxygen atoms in total. The fourth-order valence-corrected chi connectivity index (χ4v) is 2.18. The van der Waals surface area contributed by atoms with Crippen molar-refractivity contribution in [3.8, 4) is 0 Å². The fraction of sp³-hybridized carbons (Fsp3) is 0.231. The number of aromatic nitrogens is 2. The Balaban J connectivity index is 2.21. The monoisotopic (exact) mass is 306 g/mol. The maximum atomic E-state index is 5.75. The molecule has 2 aromatic rings. The summed E-state index contributed by atoms with van der Waals surface area (Å²) in [5, 5.41) is 0. The van der Waals surface area contributed by atoms with E-state index in [1.54, 1.807) is 18.6 Å². The second-order valence-electron chi connectivity index (χ2n) is 4.05. The van der Waals surface area contributed by atoms with Crippen molar-refractivity contribution in [2.24, 2.45) is 5.73 Å². The molecule has 0 unspecified atom stereocenters. The summed E-state index contributed by atoms with van der Waals surface area (Å²) in [6.45, 7) is 1.26. The van der Waals surface area contributed by atoms with E-state index in [-0.39, 0.29) is 0 Å². The molecular weight excluding hydrogens is 292 g/mol. The highest BCUT2D eigenvalue weighted by Crippen LogP contribution is 2.21. The molecule has 0 amide bonds. The lowest BCUT2D eigenvalue weighted by atomic mass is 10.2. The number of hydrogen-bond acceptors (Lipinski definition) is 4. The molecule has 0 aromatic carbocycles. The number of hydrogen-bond donors (Lipinski definition) is 1. The molecule has 0 aliphatic rings. The van der Waals surface area contributed by atoms with Crippen molar-refractivity contribution < 1.29 is 0 Å². The Morgan fingerprint density at radius 3 is 2.72 bits per heavy atom. The van der Waals surface area contributed by atoms with E-state index < -0.39 is 0 Å². The molecule has 0 saturated heterocycles. The van der Waals surface area contributed by atoms with Gasteiger partial charge in [-0.3, -0.25) is 4.98 Å². The molecule has 94 valence electrons. The summed E-state index contributed by atoms with van der Waals surface area (Å²) in [6.07, 6.45) is 5.38. The highest BCUT2D eigenvalue weighted by Gasteiger charge is 2.09. The van der Waals surface area contributed by atoms with E-state index in [4.69, 9.17) is 5.73 Å². The van der Waals surface area contributed by atoms with Crippen LogP contribution in [0.1, 0.15) is 11.1 Å². The average molecular weight is 307 g/mol. The number of nitrogens with two attached hydrogens (primary N) is 1. The first-order valence-corrected chi connectivity index (χ1v) is 6.44. The lowest BCUT2D eigenvalue weighted by molar-refractivity contribution is 0.873. The minimum Gasteiger partial charge on any atom is -0.355 e. The largest absolute Gasteiger partial charge is 0.355 e. The van der Waals surface area contributed by atoms with Gasteiger partial charge < -0.3 is 10.6 Å².